The number of halogens is 1. The summed E-state index contributed by atoms with van der Waals surface area (Å²) in [4.78, 5) is 7.02. The van der Waals surface area contributed by atoms with Crippen LogP contribution < -0.4 is 10.6 Å². The molecule has 0 aliphatic carbocycles. The highest BCUT2D eigenvalue weighted by molar-refractivity contribution is 14.0. The van der Waals surface area contributed by atoms with E-state index in [1.807, 2.05) is 6.92 Å². The molecule has 8 heteroatoms. The van der Waals surface area contributed by atoms with E-state index >= 15 is 0 Å². The van der Waals surface area contributed by atoms with E-state index in [4.69, 9.17) is 9.73 Å². The molecule has 0 bridgehead atoms. The Morgan fingerprint density at radius 2 is 2.10 bits per heavy atom. The van der Waals surface area contributed by atoms with Crippen molar-refractivity contribution in [2.75, 3.05) is 52.5 Å². The molecule has 2 heterocycles. The van der Waals surface area contributed by atoms with Gasteiger partial charge in [0.15, 0.2) is 5.96 Å². The maximum absolute atomic E-state index is 10.5. The smallest absolute Gasteiger partial charge is 0.191 e. The van der Waals surface area contributed by atoms with Crippen molar-refractivity contribution in [1.82, 2.24) is 15.5 Å². The summed E-state index contributed by atoms with van der Waals surface area (Å²) >= 11 is 0. The summed E-state index contributed by atoms with van der Waals surface area (Å²) in [7, 11) is 0. The van der Waals surface area contributed by atoms with E-state index in [0.29, 0.717) is 38.6 Å². The molecule has 0 radical (unpaired) electrons. The Hall–Kier alpha value is -0.940. The highest BCUT2D eigenvalue weighted by atomic mass is 127. The highest BCUT2D eigenvalue weighted by Gasteiger charge is 2.34. The fourth-order valence-corrected chi connectivity index (χ4v) is 4.16. The molecule has 0 amide bonds. The molecule has 3 rings (SSSR count). The first-order valence-electron chi connectivity index (χ1n) is 10.8. The van der Waals surface area contributed by atoms with Gasteiger partial charge < -0.3 is 25.6 Å². The van der Waals surface area contributed by atoms with Crippen LogP contribution in [-0.2, 0) is 17.7 Å². The first-order valence-corrected chi connectivity index (χ1v) is 10.8. The molecule has 0 spiro atoms. The zero-order chi connectivity index (χ0) is 20.5. The minimum Gasteiger partial charge on any atom is -0.396 e. The van der Waals surface area contributed by atoms with Crippen molar-refractivity contribution in [3.63, 3.8) is 0 Å². The van der Waals surface area contributed by atoms with Crippen molar-refractivity contribution in [2.24, 2.45) is 10.4 Å². The van der Waals surface area contributed by atoms with Gasteiger partial charge >= 0.3 is 0 Å². The molecule has 1 saturated heterocycles. The number of fused-ring (bicyclic) bond motifs is 1. The minimum absolute atomic E-state index is 0. The quantitative estimate of drug-likeness (QED) is 0.218. The SMILES string of the molecule is CCNC(=NCC1(CCO)CCOC1)NCC(O)CN1CCc2ccccc2C1.I. The van der Waals surface area contributed by atoms with Gasteiger partial charge in [0, 0.05) is 51.4 Å². The molecule has 1 aromatic carbocycles. The van der Waals surface area contributed by atoms with E-state index in [9.17, 15) is 10.2 Å². The van der Waals surface area contributed by atoms with Crippen LogP contribution in [0.4, 0.5) is 0 Å². The molecular weight excluding hydrogens is 495 g/mol. The van der Waals surface area contributed by atoms with Gasteiger partial charge in [-0.1, -0.05) is 24.3 Å². The molecule has 0 aromatic heterocycles. The lowest BCUT2D eigenvalue weighted by atomic mass is 9.84. The van der Waals surface area contributed by atoms with Crippen LogP contribution in [0.5, 0.6) is 0 Å². The number of β-amino-alcohol motifs (C(OH)–C–C–N with tert-alkyl or cyclic N) is 1. The predicted molar refractivity (Wildman–Crippen MR) is 130 cm³/mol. The molecular formula is C22H37IN4O3. The lowest BCUT2D eigenvalue weighted by Crippen LogP contribution is -2.45. The molecule has 1 fully saturated rings. The zero-order valence-electron chi connectivity index (χ0n) is 18.0. The molecule has 2 atom stereocenters. The van der Waals surface area contributed by atoms with Crippen LogP contribution >= 0.6 is 24.0 Å². The van der Waals surface area contributed by atoms with Crippen LogP contribution in [0.15, 0.2) is 29.3 Å². The number of benzene rings is 1. The van der Waals surface area contributed by atoms with Crippen molar-refractivity contribution in [1.29, 1.82) is 0 Å². The van der Waals surface area contributed by atoms with Gasteiger partial charge in [-0.15, -0.1) is 24.0 Å². The maximum Gasteiger partial charge on any atom is 0.191 e. The van der Waals surface area contributed by atoms with Gasteiger partial charge in [-0.2, -0.15) is 0 Å². The van der Waals surface area contributed by atoms with Crippen molar-refractivity contribution in [2.45, 2.75) is 38.8 Å². The van der Waals surface area contributed by atoms with Gasteiger partial charge in [-0.05, 0) is 37.3 Å². The van der Waals surface area contributed by atoms with Gasteiger partial charge in [-0.3, -0.25) is 9.89 Å². The van der Waals surface area contributed by atoms with E-state index in [1.54, 1.807) is 0 Å². The molecule has 1 aromatic rings. The molecule has 2 aliphatic heterocycles. The van der Waals surface area contributed by atoms with Crippen LogP contribution in [0, 0.1) is 5.41 Å². The first kappa shape index (κ1) is 25.3. The summed E-state index contributed by atoms with van der Waals surface area (Å²) in [6, 6.07) is 8.55. The normalized spacial score (nSPS) is 22.8. The molecule has 7 nitrogen and oxygen atoms in total. The number of aliphatic hydroxyl groups is 2. The highest BCUT2D eigenvalue weighted by Crippen LogP contribution is 2.32. The van der Waals surface area contributed by atoms with Crippen LogP contribution in [-0.4, -0.2) is 79.7 Å². The predicted octanol–water partition coefficient (Wildman–Crippen LogP) is 1.37. The second-order valence-electron chi connectivity index (χ2n) is 8.26. The number of ether oxygens (including phenoxy) is 1. The van der Waals surface area contributed by atoms with Crippen LogP contribution in [0.25, 0.3) is 0 Å². The number of guanidine groups is 1. The Bertz CT molecular complexity index is 668. The van der Waals surface area contributed by atoms with Gasteiger partial charge in [0.2, 0.25) is 0 Å². The van der Waals surface area contributed by atoms with Gasteiger partial charge in [0.25, 0.3) is 0 Å². The third-order valence-corrected chi connectivity index (χ3v) is 5.93. The maximum atomic E-state index is 10.5. The fraction of sp³-hybridized carbons (Fsp3) is 0.682. The summed E-state index contributed by atoms with van der Waals surface area (Å²) in [5, 5.41) is 26.4. The Labute approximate surface area is 197 Å². The third-order valence-electron chi connectivity index (χ3n) is 5.93. The van der Waals surface area contributed by atoms with E-state index in [-0.39, 0.29) is 36.0 Å². The lowest BCUT2D eigenvalue weighted by molar-refractivity contribution is 0.108. The average Bonchev–Trinajstić information content (AvgIpc) is 3.19. The summed E-state index contributed by atoms with van der Waals surface area (Å²) in [5.74, 6) is 0.708. The number of aliphatic hydroxyl groups excluding tert-OH is 2. The number of nitrogens with one attached hydrogen (secondary N) is 2. The number of aliphatic imine (C=N–C) groups is 1. The zero-order valence-corrected chi connectivity index (χ0v) is 20.3. The molecule has 30 heavy (non-hydrogen) atoms. The lowest BCUT2D eigenvalue weighted by Gasteiger charge is -2.30. The van der Waals surface area contributed by atoms with Crippen molar-refractivity contribution < 1.29 is 14.9 Å². The summed E-state index contributed by atoms with van der Waals surface area (Å²) in [6.07, 6.45) is 2.20. The fourth-order valence-electron chi connectivity index (χ4n) is 4.16. The van der Waals surface area contributed by atoms with E-state index in [1.165, 1.54) is 11.1 Å². The molecule has 2 aliphatic rings. The number of hydrogen-bond acceptors (Lipinski definition) is 5. The third kappa shape index (κ3) is 7.33. The first-order chi connectivity index (χ1) is 14.1. The number of nitrogens with zero attached hydrogens (tertiary/aromatic N) is 2. The summed E-state index contributed by atoms with van der Waals surface area (Å²) in [5.41, 5.74) is 2.71. The Morgan fingerprint density at radius 3 is 2.80 bits per heavy atom. The average molecular weight is 532 g/mol. The second kappa shape index (κ2) is 12.8. The van der Waals surface area contributed by atoms with Crippen molar-refractivity contribution in [3.8, 4) is 0 Å². The Balaban J connectivity index is 0.00000320. The standard InChI is InChI=1S/C22H36N4O3.HI/c1-2-23-21(25-16-22(8-11-27)9-12-29-17-22)24-13-20(28)15-26-10-7-18-5-3-4-6-19(18)14-26;/h3-6,20,27-28H,2,7-17H2,1H3,(H2,23,24,25);1H. The topological polar surface area (TPSA) is 89.4 Å². The van der Waals surface area contributed by atoms with Crippen molar-refractivity contribution in [3.05, 3.63) is 35.4 Å². The van der Waals surface area contributed by atoms with Crippen molar-refractivity contribution >= 4 is 29.9 Å². The molecule has 170 valence electrons. The van der Waals surface area contributed by atoms with Crippen LogP contribution in [0.3, 0.4) is 0 Å². The minimum atomic E-state index is -0.467. The summed E-state index contributed by atoms with van der Waals surface area (Å²) in [6.45, 7) is 7.90. The van der Waals surface area contributed by atoms with Gasteiger partial charge in [0.1, 0.15) is 0 Å². The van der Waals surface area contributed by atoms with Crippen LogP contribution in [0.1, 0.15) is 30.9 Å². The Kier molecular flexibility index (Phi) is 10.8. The molecule has 0 saturated carbocycles. The van der Waals surface area contributed by atoms with Gasteiger partial charge in [0.05, 0.1) is 19.3 Å². The second-order valence-corrected chi connectivity index (χ2v) is 8.26. The number of hydrogen-bond donors (Lipinski definition) is 4. The largest absolute Gasteiger partial charge is 0.396 e. The molecule has 4 N–H and O–H groups in total. The number of rotatable bonds is 9. The Morgan fingerprint density at radius 1 is 1.30 bits per heavy atom. The van der Waals surface area contributed by atoms with E-state index in [0.717, 1.165) is 39.1 Å². The summed E-state index contributed by atoms with van der Waals surface area (Å²) < 4.78 is 5.55. The monoisotopic (exact) mass is 532 g/mol. The van der Waals surface area contributed by atoms with Crippen LogP contribution in [0.2, 0.25) is 0 Å². The van der Waals surface area contributed by atoms with E-state index < -0.39 is 6.10 Å². The van der Waals surface area contributed by atoms with E-state index in [2.05, 4.69) is 39.8 Å². The van der Waals surface area contributed by atoms with Gasteiger partial charge in [-0.25, -0.2) is 0 Å². The molecule has 2 unspecified atom stereocenters.